The SMILES string of the molecule is CCOC(=O)COc1cc(OCC)cc(C(CC)(Nc2ccc(C#N)cc2)C(=O)O)c1. The topological polar surface area (TPSA) is 118 Å². The van der Waals surface area contributed by atoms with E-state index in [1.807, 2.05) is 13.0 Å². The summed E-state index contributed by atoms with van der Waals surface area (Å²) < 4.78 is 16.0. The van der Waals surface area contributed by atoms with Crippen LogP contribution in [0.25, 0.3) is 0 Å². The number of carbonyl (C=O) groups is 2. The number of nitrogens with zero attached hydrogens (tertiary/aromatic N) is 1. The van der Waals surface area contributed by atoms with E-state index in [9.17, 15) is 14.7 Å². The van der Waals surface area contributed by atoms with Gasteiger partial charge in [0.1, 0.15) is 11.5 Å². The van der Waals surface area contributed by atoms with Crippen molar-refractivity contribution in [2.45, 2.75) is 32.7 Å². The highest BCUT2D eigenvalue weighted by molar-refractivity contribution is 5.85. The van der Waals surface area contributed by atoms with Crippen molar-refractivity contribution in [3.05, 3.63) is 53.6 Å². The zero-order valence-electron chi connectivity index (χ0n) is 17.8. The number of nitriles is 1. The van der Waals surface area contributed by atoms with Gasteiger partial charge in [-0.15, -0.1) is 0 Å². The summed E-state index contributed by atoms with van der Waals surface area (Å²) in [6.45, 7) is 5.55. The maximum absolute atomic E-state index is 12.4. The van der Waals surface area contributed by atoms with Crippen molar-refractivity contribution >= 4 is 17.6 Å². The normalized spacial score (nSPS) is 12.2. The maximum atomic E-state index is 12.4. The van der Waals surface area contributed by atoms with Crippen molar-refractivity contribution in [2.24, 2.45) is 0 Å². The summed E-state index contributed by atoms with van der Waals surface area (Å²) in [6, 6.07) is 13.3. The average Bonchev–Trinajstić information content (AvgIpc) is 2.76. The van der Waals surface area contributed by atoms with Gasteiger partial charge in [-0.3, -0.25) is 0 Å². The summed E-state index contributed by atoms with van der Waals surface area (Å²) in [6.07, 6.45) is 0.204. The number of ether oxygens (including phenoxy) is 3. The van der Waals surface area contributed by atoms with Crippen LogP contribution in [0.5, 0.6) is 11.5 Å². The van der Waals surface area contributed by atoms with Crippen LogP contribution in [-0.4, -0.2) is 36.9 Å². The lowest BCUT2D eigenvalue weighted by Crippen LogP contribution is -2.43. The summed E-state index contributed by atoms with van der Waals surface area (Å²) in [5.41, 5.74) is -0.0877. The molecule has 1 unspecified atom stereocenters. The molecule has 2 aromatic rings. The number of carbonyl (C=O) groups excluding carboxylic acids is 1. The van der Waals surface area contributed by atoms with Crippen molar-refractivity contribution in [1.82, 2.24) is 0 Å². The first-order chi connectivity index (χ1) is 14.9. The van der Waals surface area contributed by atoms with Gasteiger partial charge in [0.25, 0.3) is 0 Å². The third-order valence-electron chi connectivity index (χ3n) is 4.61. The minimum absolute atomic E-state index is 0.204. The molecule has 0 saturated heterocycles. The van der Waals surface area contributed by atoms with Gasteiger partial charge in [0.05, 0.1) is 24.8 Å². The molecule has 0 aliphatic rings. The van der Waals surface area contributed by atoms with Crippen molar-refractivity contribution < 1.29 is 28.9 Å². The zero-order valence-corrected chi connectivity index (χ0v) is 17.8. The first-order valence-electron chi connectivity index (χ1n) is 9.97. The molecule has 0 heterocycles. The number of hydrogen-bond acceptors (Lipinski definition) is 7. The second-order valence-electron chi connectivity index (χ2n) is 6.60. The molecule has 2 aromatic carbocycles. The van der Waals surface area contributed by atoms with Crippen LogP contribution in [0.1, 0.15) is 38.3 Å². The second-order valence-corrected chi connectivity index (χ2v) is 6.60. The molecule has 0 amide bonds. The summed E-state index contributed by atoms with van der Waals surface area (Å²) in [4.78, 5) is 24.1. The second kappa shape index (κ2) is 10.9. The Morgan fingerprint density at radius 3 is 2.19 bits per heavy atom. The van der Waals surface area contributed by atoms with Crippen LogP contribution in [0.3, 0.4) is 0 Å². The Kier molecular flexibility index (Phi) is 8.26. The van der Waals surface area contributed by atoms with Gasteiger partial charge in [-0.25, -0.2) is 9.59 Å². The summed E-state index contributed by atoms with van der Waals surface area (Å²) >= 11 is 0. The number of benzene rings is 2. The Morgan fingerprint density at radius 1 is 1.03 bits per heavy atom. The highest BCUT2D eigenvalue weighted by Crippen LogP contribution is 2.35. The molecule has 0 aliphatic carbocycles. The molecule has 0 fully saturated rings. The molecule has 164 valence electrons. The predicted molar refractivity (Wildman–Crippen MR) is 114 cm³/mol. The van der Waals surface area contributed by atoms with Gasteiger partial charge in [-0.2, -0.15) is 5.26 Å². The monoisotopic (exact) mass is 426 g/mol. The van der Waals surface area contributed by atoms with Crippen molar-refractivity contribution in [3.63, 3.8) is 0 Å². The predicted octanol–water partition coefficient (Wildman–Crippen LogP) is 3.70. The van der Waals surface area contributed by atoms with Gasteiger partial charge in [0.2, 0.25) is 0 Å². The van der Waals surface area contributed by atoms with Crippen LogP contribution < -0.4 is 14.8 Å². The van der Waals surface area contributed by atoms with Crippen LogP contribution in [0.2, 0.25) is 0 Å². The standard InChI is InChI=1S/C23H26N2O6/c1-4-23(22(27)28,25-18-9-7-16(14-24)8-10-18)17-11-19(29-5-2)13-20(12-17)31-15-21(26)30-6-3/h7-13,25H,4-6,15H2,1-3H3,(H,27,28). The lowest BCUT2D eigenvalue weighted by Gasteiger charge is -2.31. The molecule has 8 nitrogen and oxygen atoms in total. The first kappa shape index (κ1) is 23.5. The van der Waals surface area contributed by atoms with E-state index in [4.69, 9.17) is 19.5 Å². The number of nitrogens with one attached hydrogen (secondary N) is 1. The highest BCUT2D eigenvalue weighted by atomic mass is 16.6. The van der Waals surface area contributed by atoms with Crippen LogP contribution >= 0.6 is 0 Å². The molecule has 0 saturated carbocycles. The van der Waals surface area contributed by atoms with E-state index in [1.54, 1.807) is 56.3 Å². The number of carboxylic acid groups (broad SMARTS) is 1. The molecule has 1 atom stereocenters. The molecule has 8 heteroatoms. The van der Waals surface area contributed by atoms with E-state index < -0.39 is 17.5 Å². The molecule has 31 heavy (non-hydrogen) atoms. The van der Waals surface area contributed by atoms with E-state index >= 15 is 0 Å². The average molecular weight is 426 g/mol. The largest absolute Gasteiger partial charge is 0.494 e. The van der Waals surface area contributed by atoms with Gasteiger partial charge < -0.3 is 24.6 Å². The van der Waals surface area contributed by atoms with E-state index in [2.05, 4.69) is 5.32 Å². The number of rotatable bonds is 11. The maximum Gasteiger partial charge on any atom is 0.344 e. The third-order valence-corrected chi connectivity index (χ3v) is 4.61. The van der Waals surface area contributed by atoms with Crippen LogP contribution in [-0.2, 0) is 19.9 Å². The van der Waals surface area contributed by atoms with Crippen LogP contribution in [0.15, 0.2) is 42.5 Å². The molecule has 0 radical (unpaired) electrons. The lowest BCUT2D eigenvalue weighted by atomic mass is 9.86. The van der Waals surface area contributed by atoms with Crippen molar-refractivity contribution in [1.29, 1.82) is 5.26 Å². The summed E-state index contributed by atoms with van der Waals surface area (Å²) in [5, 5.41) is 22.2. The van der Waals surface area contributed by atoms with Crippen molar-refractivity contribution in [3.8, 4) is 17.6 Å². The molecule has 0 aromatic heterocycles. The molecular weight excluding hydrogens is 400 g/mol. The molecule has 0 bridgehead atoms. The minimum atomic E-state index is -1.50. The van der Waals surface area contributed by atoms with E-state index in [0.29, 0.717) is 29.2 Å². The Morgan fingerprint density at radius 2 is 1.68 bits per heavy atom. The van der Waals surface area contributed by atoms with Crippen molar-refractivity contribution in [2.75, 3.05) is 25.1 Å². The molecule has 2 N–H and O–H groups in total. The fourth-order valence-corrected chi connectivity index (χ4v) is 3.06. The van der Waals surface area contributed by atoms with Crippen LogP contribution in [0, 0.1) is 11.3 Å². The Balaban J connectivity index is 2.46. The molecule has 2 rings (SSSR count). The number of anilines is 1. The Hall–Kier alpha value is -3.73. The van der Waals surface area contributed by atoms with E-state index in [1.165, 1.54) is 0 Å². The first-order valence-corrected chi connectivity index (χ1v) is 9.97. The number of carboxylic acids is 1. The molecule has 0 spiro atoms. The fraction of sp³-hybridized carbons (Fsp3) is 0.348. The number of aliphatic carboxylic acids is 1. The van der Waals surface area contributed by atoms with E-state index in [0.717, 1.165) is 0 Å². The fourth-order valence-electron chi connectivity index (χ4n) is 3.06. The lowest BCUT2D eigenvalue weighted by molar-refractivity contribution is -0.145. The van der Waals surface area contributed by atoms with Crippen LogP contribution in [0.4, 0.5) is 5.69 Å². The summed E-state index contributed by atoms with van der Waals surface area (Å²) in [5.74, 6) is -0.917. The van der Waals surface area contributed by atoms with E-state index in [-0.39, 0.29) is 25.4 Å². The molecular formula is C23H26N2O6. The quantitative estimate of drug-likeness (QED) is 0.522. The van der Waals surface area contributed by atoms with Gasteiger partial charge in [-0.05, 0) is 62.2 Å². The number of esters is 1. The minimum Gasteiger partial charge on any atom is -0.494 e. The van der Waals surface area contributed by atoms with Gasteiger partial charge in [0, 0.05) is 11.8 Å². The molecule has 0 aliphatic heterocycles. The Labute approximate surface area is 181 Å². The smallest absolute Gasteiger partial charge is 0.344 e. The third kappa shape index (κ3) is 5.89. The summed E-state index contributed by atoms with van der Waals surface area (Å²) in [7, 11) is 0. The van der Waals surface area contributed by atoms with Gasteiger partial charge >= 0.3 is 11.9 Å². The van der Waals surface area contributed by atoms with Gasteiger partial charge in [0.15, 0.2) is 12.1 Å². The Bertz CT molecular complexity index is 952. The zero-order chi connectivity index (χ0) is 22.9. The van der Waals surface area contributed by atoms with Gasteiger partial charge in [-0.1, -0.05) is 6.92 Å². The highest BCUT2D eigenvalue weighted by Gasteiger charge is 2.39. The number of hydrogen-bond donors (Lipinski definition) is 2.